The van der Waals surface area contributed by atoms with Crippen LogP contribution < -0.4 is 4.74 Å². The van der Waals surface area contributed by atoms with Gasteiger partial charge in [-0.1, -0.05) is 0 Å². The molecule has 0 bridgehead atoms. The van der Waals surface area contributed by atoms with Gasteiger partial charge in [0.05, 0.1) is 13.2 Å². The Balaban J connectivity index is 1.97. The fraction of sp³-hybridized carbons (Fsp3) is 0.600. The van der Waals surface area contributed by atoms with Gasteiger partial charge in [-0.2, -0.15) is 0 Å². The Bertz CT molecular complexity index is 457. The highest BCUT2D eigenvalue weighted by atomic mass is 16.5. The molecule has 1 aliphatic rings. The van der Waals surface area contributed by atoms with Crippen LogP contribution in [0.4, 0.5) is 0 Å². The van der Waals surface area contributed by atoms with Gasteiger partial charge in [-0.25, -0.2) is 9.98 Å². The summed E-state index contributed by atoms with van der Waals surface area (Å²) < 4.78 is 5.69. The summed E-state index contributed by atoms with van der Waals surface area (Å²) in [6.45, 7) is 1.42. The second-order valence-electron chi connectivity index (χ2n) is 5.66. The first kappa shape index (κ1) is 14.6. The van der Waals surface area contributed by atoms with Crippen LogP contribution >= 0.6 is 0 Å². The van der Waals surface area contributed by atoms with Crippen molar-refractivity contribution in [3.05, 3.63) is 23.9 Å². The zero-order chi connectivity index (χ0) is 14.5. The number of nitrogens with zero attached hydrogens (tertiary/aromatic N) is 4. The van der Waals surface area contributed by atoms with Crippen molar-refractivity contribution in [2.45, 2.75) is 19.4 Å². The van der Waals surface area contributed by atoms with Gasteiger partial charge in [-0.15, -0.1) is 0 Å². The molecule has 1 aromatic rings. The summed E-state index contributed by atoms with van der Waals surface area (Å²) in [5, 5.41) is 0. The second-order valence-corrected chi connectivity index (χ2v) is 5.66. The van der Waals surface area contributed by atoms with Crippen LogP contribution in [0, 0.1) is 5.92 Å². The molecule has 2 rings (SSSR count). The van der Waals surface area contributed by atoms with Gasteiger partial charge < -0.3 is 14.5 Å². The van der Waals surface area contributed by atoms with Crippen molar-refractivity contribution in [2.75, 3.05) is 34.8 Å². The monoisotopic (exact) mass is 276 g/mol. The molecular formula is C15H24N4O. The Hall–Kier alpha value is -1.78. The first-order chi connectivity index (χ1) is 9.56. The van der Waals surface area contributed by atoms with Gasteiger partial charge in [-0.3, -0.25) is 0 Å². The van der Waals surface area contributed by atoms with E-state index in [1.54, 1.807) is 6.20 Å². The molecule has 1 fully saturated rings. The van der Waals surface area contributed by atoms with Crippen LogP contribution in [-0.4, -0.2) is 55.5 Å². The van der Waals surface area contributed by atoms with Crippen molar-refractivity contribution in [3.8, 4) is 5.88 Å². The fourth-order valence-corrected chi connectivity index (χ4v) is 1.96. The van der Waals surface area contributed by atoms with E-state index in [0.717, 1.165) is 24.0 Å². The SMILES string of the molecule is CN(C)C(=NCc1ccnc(OCC2CC2)c1)N(C)C. The molecule has 1 aliphatic carbocycles. The summed E-state index contributed by atoms with van der Waals surface area (Å²) in [5.41, 5.74) is 1.12. The van der Waals surface area contributed by atoms with Crippen molar-refractivity contribution in [1.29, 1.82) is 0 Å². The molecule has 0 N–H and O–H groups in total. The molecule has 0 aromatic carbocycles. The van der Waals surface area contributed by atoms with Crippen LogP contribution in [0.25, 0.3) is 0 Å². The number of aliphatic imine (C=N–C) groups is 1. The molecule has 0 spiro atoms. The van der Waals surface area contributed by atoms with Gasteiger partial charge in [0.2, 0.25) is 5.88 Å². The van der Waals surface area contributed by atoms with Crippen molar-refractivity contribution >= 4 is 5.96 Å². The van der Waals surface area contributed by atoms with E-state index in [9.17, 15) is 0 Å². The van der Waals surface area contributed by atoms with Gasteiger partial charge in [-0.05, 0) is 30.4 Å². The minimum Gasteiger partial charge on any atom is -0.477 e. The molecule has 5 nitrogen and oxygen atoms in total. The predicted molar refractivity (Wildman–Crippen MR) is 81.0 cm³/mol. The Labute approximate surface area is 121 Å². The first-order valence-electron chi connectivity index (χ1n) is 7.03. The lowest BCUT2D eigenvalue weighted by atomic mass is 10.3. The Kier molecular flexibility index (Phi) is 4.82. The predicted octanol–water partition coefficient (Wildman–Crippen LogP) is 1.85. The van der Waals surface area contributed by atoms with E-state index < -0.39 is 0 Å². The maximum Gasteiger partial charge on any atom is 0.213 e. The molecular weight excluding hydrogens is 252 g/mol. The smallest absolute Gasteiger partial charge is 0.213 e. The zero-order valence-corrected chi connectivity index (χ0v) is 12.8. The lowest BCUT2D eigenvalue weighted by molar-refractivity contribution is 0.288. The number of guanidine groups is 1. The molecule has 5 heteroatoms. The Morgan fingerprint density at radius 1 is 1.30 bits per heavy atom. The molecule has 20 heavy (non-hydrogen) atoms. The van der Waals surface area contributed by atoms with E-state index in [2.05, 4.69) is 9.98 Å². The maximum absolute atomic E-state index is 5.69. The molecule has 0 atom stereocenters. The molecule has 0 radical (unpaired) electrons. The molecule has 0 aliphatic heterocycles. The molecule has 0 amide bonds. The van der Waals surface area contributed by atoms with E-state index in [1.807, 2.05) is 50.1 Å². The van der Waals surface area contributed by atoms with Crippen LogP contribution in [0.15, 0.2) is 23.3 Å². The molecule has 0 saturated heterocycles. The average Bonchev–Trinajstić information content (AvgIpc) is 3.20. The number of hydrogen-bond donors (Lipinski definition) is 0. The fourth-order valence-electron chi connectivity index (χ4n) is 1.96. The zero-order valence-electron chi connectivity index (χ0n) is 12.8. The van der Waals surface area contributed by atoms with E-state index in [1.165, 1.54) is 12.8 Å². The van der Waals surface area contributed by atoms with E-state index in [-0.39, 0.29) is 0 Å². The van der Waals surface area contributed by atoms with E-state index >= 15 is 0 Å². The standard InChI is InChI=1S/C15H24N4O/c1-18(2)15(19(3)4)17-10-13-7-8-16-14(9-13)20-11-12-5-6-12/h7-9,12H,5-6,10-11H2,1-4H3. The van der Waals surface area contributed by atoms with Crippen LogP contribution in [0.2, 0.25) is 0 Å². The number of rotatable bonds is 5. The summed E-state index contributed by atoms with van der Waals surface area (Å²) in [7, 11) is 7.98. The molecule has 1 heterocycles. The van der Waals surface area contributed by atoms with Crippen molar-refractivity contribution < 1.29 is 4.74 Å². The summed E-state index contributed by atoms with van der Waals surface area (Å²) in [6.07, 6.45) is 4.37. The highest BCUT2D eigenvalue weighted by Gasteiger charge is 2.22. The highest BCUT2D eigenvalue weighted by molar-refractivity contribution is 5.79. The van der Waals surface area contributed by atoms with Gasteiger partial charge in [0.15, 0.2) is 5.96 Å². The number of aromatic nitrogens is 1. The summed E-state index contributed by atoms with van der Waals surface area (Å²) >= 11 is 0. The number of ether oxygens (including phenoxy) is 1. The average molecular weight is 276 g/mol. The third-order valence-corrected chi connectivity index (χ3v) is 3.17. The summed E-state index contributed by atoms with van der Waals surface area (Å²) in [6, 6.07) is 3.96. The van der Waals surface area contributed by atoms with E-state index in [4.69, 9.17) is 4.74 Å². The van der Waals surface area contributed by atoms with Crippen LogP contribution in [0.5, 0.6) is 5.88 Å². The molecule has 1 saturated carbocycles. The van der Waals surface area contributed by atoms with Gasteiger partial charge >= 0.3 is 0 Å². The van der Waals surface area contributed by atoms with Crippen molar-refractivity contribution in [3.63, 3.8) is 0 Å². The molecule has 1 aromatic heterocycles. The normalized spacial score (nSPS) is 13.8. The minimum absolute atomic E-state index is 0.633. The van der Waals surface area contributed by atoms with Crippen LogP contribution in [-0.2, 0) is 6.54 Å². The lowest BCUT2D eigenvalue weighted by Crippen LogP contribution is -2.35. The Morgan fingerprint density at radius 3 is 2.60 bits per heavy atom. The highest BCUT2D eigenvalue weighted by Crippen LogP contribution is 2.29. The lowest BCUT2D eigenvalue weighted by Gasteiger charge is -2.22. The molecule has 110 valence electrons. The third-order valence-electron chi connectivity index (χ3n) is 3.17. The van der Waals surface area contributed by atoms with Gasteiger partial charge in [0.1, 0.15) is 0 Å². The topological polar surface area (TPSA) is 41.0 Å². The Morgan fingerprint density at radius 2 is 2.00 bits per heavy atom. The number of pyridine rings is 1. The van der Waals surface area contributed by atoms with E-state index in [0.29, 0.717) is 12.4 Å². The van der Waals surface area contributed by atoms with Gasteiger partial charge in [0.25, 0.3) is 0 Å². The second kappa shape index (κ2) is 6.59. The van der Waals surface area contributed by atoms with Crippen molar-refractivity contribution in [1.82, 2.24) is 14.8 Å². The quantitative estimate of drug-likeness (QED) is 0.608. The largest absolute Gasteiger partial charge is 0.477 e. The van der Waals surface area contributed by atoms with Crippen LogP contribution in [0.3, 0.4) is 0 Å². The molecule has 0 unspecified atom stereocenters. The maximum atomic E-state index is 5.69. The van der Waals surface area contributed by atoms with Gasteiger partial charge in [0, 0.05) is 40.5 Å². The van der Waals surface area contributed by atoms with Crippen LogP contribution in [0.1, 0.15) is 18.4 Å². The van der Waals surface area contributed by atoms with Crippen molar-refractivity contribution in [2.24, 2.45) is 10.9 Å². The number of hydrogen-bond acceptors (Lipinski definition) is 3. The third kappa shape index (κ3) is 4.40. The summed E-state index contributed by atoms with van der Waals surface area (Å²) in [5.74, 6) is 2.40. The summed E-state index contributed by atoms with van der Waals surface area (Å²) in [4.78, 5) is 12.9. The first-order valence-corrected chi connectivity index (χ1v) is 7.03. The minimum atomic E-state index is 0.633.